The van der Waals surface area contributed by atoms with Gasteiger partial charge in [0.1, 0.15) is 0 Å². The van der Waals surface area contributed by atoms with Gasteiger partial charge < -0.3 is 10.1 Å². The highest BCUT2D eigenvalue weighted by Crippen LogP contribution is 2.29. The standard InChI is InChI=1S/C18H17N3O2/c1-19-17(22)11-15(12-6-4-3-5-7-12)13-8-9-14-16(10-13)20-21-18(14)23-2/h3-11H,1-2H3,(H,19,22)(H,20,21)/b15-11+. The second kappa shape index (κ2) is 6.36. The molecule has 1 aromatic heterocycles. The first-order valence-corrected chi connectivity index (χ1v) is 7.24. The van der Waals surface area contributed by atoms with E-state index < -0.39 is 0 Å². The molecular formula is C18H17N3O2. The Labute approximate surface area is 134 Å². The molecule has 0 bridgehead atoms. The van der Waals surface area contributed by atoms with E-state index in [4.69, 9.17) is 4.74 Å². The molecule has 0 spiro atoms. The van der Waals surface area contributed by atoms with E-state index in [1.807, 2.05) is 48.5 Å². The predicted molar refractivity (Wildman–Crippen MR) is 90.2 cm³/mol. The normalized spacial score (nSPS) is 11.5. The maximum Gasteiger partial charge on any atom is 0.244 e. The molecule has 0 aliphatic carbocycles. The van der Waals surface area contributed by atoms with Crippen LogP contribution in [0.25, 0.3) is 16.5 Å². The van der Waals surface area contributed by atoms with Crippen LogP contribution in [0.4, 0.5) is 0 Å². The molecule has 3 rings (SSSR count). The van der Waals surface area contributed by atoms with Gasteiger partial charge in [-0.3, -0.25) is 9.89 Å². The number of rotatable bonds is 4. The van der Waals surface area contributed by atoms with Crippen molar-refractivity contribution in [1.82, 2.24) is 15.5 Å². The summed E-state index contributed by atoms with van der Waals surface area (Å²) in [5.41, 5.74) is 3.61. The number of H-pyrrole nitrogens is 1. The van der Waals surface area contributed by atoms with Gasteiger partial charge in [0.25, 0.3) is 0 Å². The fourth-order valence-electron chi connectivity index (χ4n) is 2.47. The van der Waals surface area contributed by atoms with Gasteiger partial charge in [0, 0.05) is 13.1 Å². The molecule has 0 fully saturated rings. The number of hydrogen-bond donors (Lipinski definition) is 2. The molecular weight excluding hydrogens is 290 g/mol. The summed E-state index contributed by atoms with van der Waals surface area (Å²) in [6.07, 6.45) is 1.60. The zero-order valence-corrected chi connectivity index (χ0v) is 13.0. The number of benzene rings is 2. The molecule has 0 unspecified atom stereocenters. The molecule has 0 aliphatic heterocycles. The number of methoxy groups -OCH3 is 1. The predicted octanol–water partition coefficient (Wildman–Crippen LogP) is 2.75. The highest BCUT2D eigenvalue weighted by Gasteiger charge is 2.11. The third kappa shape index (κ3) is 2.94. The summed E-state index contributed by atoms with van der Waals surface area (Å²) in [5, 5.41) is 10.6. The van der Waals surface area contributed by atoms with Crippen molar-refractivity contribution in [2.24, 2.45) is 0 Å². The first-order valence-electron chi connectivity index (χ1n) is 7.24. The van der Waals surface area contributed by atoms with Crippen LogP contribution < -0.4 is 10.1 Å². The molecule has 0 saturated heterocycles. The Morgan fingerprint density at radius 2 is 1.96 bits per heavy atom. The molecule has 1 amide bonds. The highest BCUT2D eigenvalue weighted by molar-refractivity contribution is 6.00. The molecule has 23 heavy (non-hydrogen) atoms. The number of nitrogens with one attached hydrogen (secondary N) is 2. The maximum atomic E-state index is 11.9. The van der Waals surface area contributed by atoms with Crippen LogP contribution in [0.1, 0.15) is 11.1 Å². The van der Waals surface area contributed by atoms with Crippen molar-refractivity contribution in [3.63, 3.8) is 0 Å². The molecule has 2 N–H and O–H groups in total. The minimum absolute atomic E-state index is 0.147. The number of ether oxygens (including phenoxy) is 1. The Morgan fingerprint density at radius 1 is 1.17 bits per heavy atom. The number of amides is 1. The summed E-state index contributed by atoms with van der Waals surface area (Å²) in [7, 11) is 3.20. The molecule has 5 nitrogen and oxygen atoms in total. The van der Waals surface area contributed by atoms with Gasteiger partial charge in [-0.2, -0.15) is 0 Å². The summed E-state index contributed by atoms with van der Waals surface area (Å²) < 4.78 is 5.21. The molecule has 0 saturated carbocycles. The fourth-order valence-corrected chi connectivity index (χ4v) is 2.47. The van der Waals surface area contributed by atoms with Crippen LogP contribution in [0.15, 0.2) is 54.6 Å². The van der Waals surface area contributed by atoms with Gasteiger partial charge in [-0.05, 0) is 28.8 Å². The van der Waals surface area contributed by atoms with Crippen molar-refractivity contribution in [2.45, 2.75) is 0 Å². The first kappa shape index (κ1) is 14.8. The van der Waals surface area contributed by atoms with Gasteiger partial charge in [-0.1, -0.05) is 36.4 Å². The van der Waals surface area contributed by atoms with Crippen LogP contribution >= 0.6 is 0 Å². The van der Waals surface area contributed by atoms with Crippen molar-refractivity contribution < 1.29 is 9.53 Å². The monoisotopic (exact) mass is 307 g/mol. The number of hydrogen-bond acceptors (Lipinski definition) is 3. The fraction of sp³-hybridized carbons (Fsp3) is 0.111. The Bertz CT molecular complexity index is 866. The summed E-state index contributed by atoms with van der Waals surface area (Å²) >= 11 is 0. The lowest BCUT2D eigenvalue weighted by Gasteiger charge is -2.09. The Balaban J connectivity index is 2.13. The van der Waals surface area contributed by atoms with E-state index in [0.29, 0.717) is 5.88 Å². The topological polar surface area (TPSA) is 67.0 Å². The number of nitrogens with zero attached hydrogens (tertiary/aromatic N) is 1. The summed E-state index contributed by atoms with van der Waals surface area (Å²) in [6, 6.07) is 15.7. The summed E-state index contributed by atoms with van der Waals surface area (Å²) in [4.78, 5) is 11.9. The molecule has 2 aromatic carbocycles. The van der Waals surface area contributed by atoms with E-state index >= 15 is 0 Å². The Morgan fingerprint density at radius 3 is 2.65 bits per heavy atom. The van der Waals surface area contributed by atoms with E-state index in [1.54, 1.807) is 20.2 Å². The lowest BCUT2D eigenvalue weighted by molar-refractivity contribution is -0.116. The third-order valence-electron chi connectivity index (χ3n) is 3.64. The Hall–Kier alpha value is -3.08. The molecule has 3 aromatic rings. The second-order valence-corrected chi connectivity index (χ2v) is 5.03. The quantitative estimate of drug-likeness (QED) is 0.728. The molecule has 5 heteroatoms. The first-order chi connectivity index (χ1) is 11.2. The van der Waals surface area contributed by atoms with Gasteiger partial charge >= 0.3 is 0 Å². The lowest BCUT2D eigenvalue weighted by atomic mass is 9.96. The number of aromatic amines is 1. The summed E-state index contributed by atoms with van der Waals surface area (Å²) in [6.45, 7) is 0. The van der Waals surface area contributed by atoms with Gasteiger partial charge in [0.2, 0.25) is 11.8 Å². The molecule has 116 valence electrons. The zero-order chi connectivity index (χ0) is 16.2. The van der Waals surface area contributed by atoms with E-state index in [-0.39, 0.29) is 5.91 Å². The second-order valence-electron chi connectivity index (χ2n) is 5.03. The van der Waals surface area contributed by atoms with Crippen LogP contribution in [0, 0.1) is 0 Å². The third-order valence-corrected chi connectivity index (χ3v) is 3.64. The van der Waals surface area contributed by atoms with Gasteiger partial charge in [-0.15, -0.1) is 5.10 Å². The summed E-state index contributed by atoms with van der Waals surface area (Å²) in [5.74, 6) is 0.411. The van der Waals surface area contributed by atoms with Crippen LogP contribution in [-0.4, -0.2) is 30.3 Å². The number of fused-ring (bicyclic) bond motifs is 1. The largest absolute Gasteiger partial charge is 0.480 e. The minimum Gasteiger partial charge on any atom is -0.480 e. The van der Waals surface area contributed by atoms with Crippen molar-refractivity contribution in [3.8, 4) is 5.88 Å². The van der Waals surface area contributed by atoms with Crippen LogP contribution in [0.2, 0.25) is 0 Å². The zero-order valence-electron chi connectivity index (χ0n) is 13.0. The average molecular weight is 307 g/mol. The Kier molecular flexibility index (Phi) is 4.10. The van der Waals surface area contributed by atoms with E-state index in [2.05, 4.69) is 15.5 Å². The smallest absolute Gasteiger partial charge is 0.244 e. The van der Waals surface area contributed by atoms with Gasteiger partial charge in [-0.25, -0.2) is 0 Å². The van der Waals surface area contributed by atoms with Crippen molar-refractivity contribution in [2.75, 3.05) is 14.2 Å². The molecule has 1 heterocycles. The molecule has 0 aliphatic rings. The maximum absolute atomic E-state index is 11.9. The van der Waals surface area contributed by atoms with E-state index in [0.717, 1.165) is 27.6 Å². The van der Waals surface area contributed by atoms with Crippen molar-refractivity contribution in [1.29, 1.82) is 0 Å². The number of aromatic nitrogens is 2. The SMILES string of the molecule is CNC(=O)/C=C(\c1ccccc1)c1ccc2c(OC)n[nH]c2c1. The highest BCUT2D eigenvalue weighted by atomic mass is 16.5. The minimum atomic E-state index is -0.147. The van der Waals surface area contributed by atoms with E-state index in [9.17, 15) is 4.79 Å². The van der Waals surface area contributed by atoms with Crippen LogP contribution in [-0.2, 0) is 4.79 Å². The average Bonchev–Trinajstić information content (AvgIpc) is 3.02. The number of carbonyl (C=O) groups excluding carboxylic acids is 1. The molecule has 0 radical (unpaired) electrons. The van der Waals surface area contributed by atoms with Crippen molar-refractivity contribution >= 4 is 22.4 Å². The van der Waals surface area contributed by atoms with Crippen LogP contribution in [0.3, 0.4) is 0 Å². The van der Waals surface area contributed by atoms with Gasteiger partial charge in [0.05, 0.1) is 18.0 Å². The number of likely N-dealkylation sites (N-methyl/N-ethyl adjacent to an activating group) is 1. The van der Waals surface area contributed by atoms with Gasteiger partial charge in [0.15, 0.2) is 0 Å². The van der Waals surface area contributed by atoms with Crippen LogP contribution in [0.5, 0.6) is 5.88 Å². The van der Waals surface area contributed by atoms with Crippen molar-refractivity contribution in [3.05, 3.63) is 65.7 Å². The van der Waals surface area contributed by atoms with E-state index in [1.165, 1.54) is 0 Å². The number of carbonyl (C=O) groups is 1. The lowest BCUT2D eigenvalue weighted by Crippen LogP contribution is -2.15. The molecule has 0 atom stereocenters.